The third kappa shape index (κ3) is 7.13. The molecule has 0 aliphatic carbocycles. The second-order valence-corrected chi connectivity index (χ2v) is 8.07. The van der Waals surface area contributed by atoms with Crippen molar-refractivity contribution in [2.75, 3.05) is 26.1 Å². The van der Waals surface area contributed by atoms with Crippen molar-refractivity contribution in [1.82, 2.24) is 5.32 Å². The lowest BCUT2D eigenvalue weighted by molar-refractivity contribution is 0.0453. The van der Waals surface area contributed by atoms with Crippen molar-refractivity contribution in [2.24, 2.45) is 0 Å². The normalized spacial score (nSPS) is 11.3. The average molecular weight is 391 g/mol. The molecule has 7 heteroatoms. The van der Waals surface area contributed by atoms with Gasteiger partial charge in [-0.15, -0.1) is 0 Å². The predicted octanol–water partition coefficient (Wildman–Crippen LogP) is 2.57. The van der Waals surface area contributed by atoms with Gasteiger partial charge in [0.05, 0.1) is 24.7 Å². The van der Waals surface area contributed by atoms with E-state index in [0.29, 0.717) is 38.5 Å². The van der Waals surface area contributed by atoms with E-state index in [-0.39, 0.29) is 10.8 Å². The van der Waals surface area contributed by atoms with E-state index in [9.17, 15) is 13.2 Å². The zero-order valence-electron chi connectivity index (χ0n) is 15.6. The number of carbonyl (C=O) groups is 1. The molecular weight excluding hydrogens is 366 g/mol. The molecule has 0 unspecified atom stereocenters. The highest BCUT2D eigenvalue weighted by Crippen LogP contribution is 2.12. The molecule has 0 radical (unpaired) electrons. The summed E-state index contributed by atoms with van der Waals surface area (Å²) in [5.74, 6) is -0.320. The maximum atomic E-state index is 12.3. The van der Waals surface area contributed by atoms with Crippen molar-refractivity contribution < 1.29 is 22.7 Å². The van der Waals surface area contributed by atoms with Crippen LogP contribution >= 0.6 is 0 Å². The minimum Gasteiger partial charge on any atom is -0.379 e. The molecule has 0 spiro atoms. The number of amides is 1. The average Bonchev–Trinajstić information content (AvgIpc) is 2.66. The SMILES string of the molecule is CCOCCOCc1cccc(CNC(=O)c2cccc(S(C)(=O)=O)c2)c1. The van der Waals surface area contributed by atoms with Gasteiger partial charge in [-0.05, 0) is 36.2 Å². The van der Waals surface area contributed by atoms with Gasteiger partial charge < -0.3 is 14.8 Å². The second-order valence-electron chi connectivity index (χ2n) is 6.05. The summed E-state index contributed by atoms with van der Waals surface area (Å²) in [7, 11) is -3.35. The van der Waals surface area contributed by atoms with Crippen molar-refractivity contribution >= 4 is 15.7 Å². The Morgan fingerprint density at radius 2 is 1.70 bits per heavy atom. The van der Waals surface area contributed by atoms with Crippen LogP contribution in [0.3, 0.4) is 0 Å². The molecule has 6 nitrogen and oxygen atoms in total. The predicted molar refractivity (Wildman–Crippen MR) is 103 cm³/mol. The Bertz CT molecular complexity index is 864. The van der Waals surface area contributed by atoms with Crippen molar-refractivity contribution in [3.05, 3.63) is 65.2 Å². The van der Waals surface area contributed by atoms with Gasteiger partial charge in [-0.2, -0.15) is 0 Å². The number of hydrogen-bond donors (Lipinski definition) is 1. The molecule has 0 bridgehead atoms. The molecule has 0 aliphatic heterocycles. The van der Waals surface area contributed by atoms with Gasteiger partial charge in [-0.3, -0.25) is 4.79 Å². The standard InChI is InChI=1S/C20H25NO5S/c1-3-25-10-11-26-15-17-7-4-6-16(12-17)14-21-20(22)18-8-5-9-19(13-18)27(2,23)24/h4-9,12-13H,3,10-11,14-15H2,1-2H3,(H,21,22). The highest BCUT2D eigenvalue weighted by Gasteiger charge is 2.11. The van der Waals surface area contributed by atoms with Gasteiger partial charge >= 0.3 is 0 Å². The first-order valence-electron chi connectivity index (χ1n) is 8.72. The Kier molecular flexibility index (Phi) is 7.97. The summed E-state index contributed by atoms with van der Waals surface area (Å²) >= 11 is 0. The summed E-state index contributed by atoms with van der Waals surface area (Å²) in [4.78, 5) is 12.4. The lowest BCUT2D eigenvalue weighted by Gasteiger charge is -2.09. The second kappa shape index (κ2) is 10.2. The van der Waals surface area contributed by atoms with E-state index in [4.69, 9.17) is 9.47 Å². The molecule has 0 aromatic heterocycles. The number of hydrogen-bond acceptors (Lipinski definition) is 5. The number of ether oxygens (including phenoxy) is 2. The minimum absolute atomic E-state index is 0.126. The van der Waals surface area contributed by atoms with Crippen LogP contribution in [0.15, 0.2) is 53.4 Å². The molecule has 0 heterocycles. The van der Waals surface area contributed by atoms with Gasteiger partial charge in [0, 0.05) is 25.0 Å². The summed E-state index contributed by atoms with van der Waals surface area (Å²) in [6.07, 6.45) is 1.12. The van der Waals surface area contributed by atoms with Crippen LogP contribution in [0.5, 0.6) is 0 Å². The van der Waals surface area contributed by atoms with Crippen LogP contribution in [-0.4, -0.2) is 40.4 Å². The van der Waals surface area contributed by atoms with Crippen molar-refractivity contribution in [3.63, 3.8) is 0 Å². The maximum absolute atomic E-state index is 12.3. The molecule has 1 amide bonds. The molecule has 0 aliphatic rings. The van der Waals surface area contributed by atoms with Crippen molar-refractivity contribution in [3.8, 4) is 0 Å². The van der Waals surface area contributed by atoms with Crippen LogP contribution in [0.2, 0.25) is 0 Å². The number of carbonyl (C=O) groups excluding carboxylic acids is 1. The molecule has 2 aromatic rings. The Morgan fingerprint density at radius 1 is 1.00 bits per heavy atom. The largest absolute Gasteiger partial charge is 0.379 e. The highest BCUT2D eigenvalue weighted by atomic mass is 32.2. The molecule has 2 aromatic carbocycles. The monoisotopic (exact) mass is 391 g/mol. The van der Waals surface area contributed by atoms with E-state index >= 15 is 0 Å². The number of sulfone groups is 1. The van der Waals surface area contributed by atoms with Crippen LogP contribution in [-0.2, 0) is 32.5 Å². The highest BCUT2D eigenvalue weighted by molar-refractivity contribution is 7.90. The zero-order valence-corrected chi connectivity index (χ0v) is 16.4. The lowest BCUT2D eigenvalue weighted by Crippen LogP contribution is -2.23. The Hall–Kier alpha value is -2.22. The Labute approximate surface area is 160 Å². The lowest BCUT2D eigenvalue weighted by atomic mass is 10.1. The van der Waals surface area contributed by atoms with E-state index in [0.717, 1.165) is 17.4 Å². The Morgan fingerprint density at radius 3 is 2.44 bits per heavy atom. The van der Waals surface area contributed by atoms with Gasteiger partial charge in [0.25, 0.3) is 5.91 Å². The van der Waals surface area contributed by atoms with E-state index in [1.54, 1.807) is 12.1 Å². The van der Waals surface area contributed by atoms with Gasteiger partial charge in [-0.25, -0.2) is 8.42 Å². The van der Waals surface area contributed by atoms with Crippen LogP contribution in [0, 0.1) is 0 Å². The summed E-state index contributed by atoms with van der Waals surface area (Å²) in [6.45, 7) is 4.53. The summed E-state index contributed by atoms with van der Waals surface area (Å²) in [5.41, 5.74) is 2.26. The van der Waals surface area contributed by atoms with Gasteiger partial charge in [0.2, 0.25) is 0 Å². The molecule has 0 saturated heterocycles. The van der Waals surface area contributed by atoms with Gasteiger partial charge in [-0.1, -0.05) is 30.3 Å². The van der Waals surface area contributed by atoms with Crippen LogP contribution in [0.4, 0.5) is 0 Å². The fourth-order valence-corrected chi connectivity index (χ4v) is 3.10. The first-order chi connectivity index (χ1) is 12.9. The summed E-state index contributed by atoms with van der Waals surface area (Å²) < 4.78 is 34.0. The molecule has 146 valence electrons. The summed E-state index contributed by atoms with van der Waals surface area (Å²) in [5, 5.41) is 2.81. The van der Waals surface area contributed by atoms with E-state index in [2.05, 4.69) is 5.32 Å². The molecule has 0 atom stereocenters. The van der Waals surface area contributed by atoms with Crippen LogP contribution < -0.4 is 5.32 Å². The van der Waals surface area contributed by atoms with Gasteiger partial charge in [0.15, 0.2) is 9.84 Å². The zero-order chi connectivity index (χ0) is 19.7. The fourth-order valence-electron chi connectivity index (χ4n) is 2.43. The smallest absolute Gasteiger partial charge is 0.251 e. The first-order valence-corrected chi connectivity index (χ1v) is 10.6. The fraction of sp³-hybridized carbons (Fsp3) is 0.350. The van der Waals surface area contributed by atoms with Crippen LogP contribution in [0.25, 0.3) is 0 Å². The van der Waals surface area contributed by atoms with E-state index < -0.39 is 9.84 Å². The number of benzene rings is 2. The molecule has 1 N–H and O–H groups in total. The summed E-state index contributed by atoms with van der Waals surface area (Å²) in [6, 6.07) is 13.8. The molecular formula is C20H25NO5S. The molecule has 0 saturated carbocycles. The van der Waals surface area contributed by atoms with Gasteiger partial charge in [0.1, 0.15) is 0 Å². The quantitative estimate of drug-likeness (QED) is 0.630. The third-order valence-electron chi connectivity index (χ3n) is 3.81. The maximum Gasteiger partial charge on any atom is 0.251 e. The number of nitrogens with one attached hydrogen (secondary N) is 1. The van der Waals surface area contributed by atoms with Crippen molar-refractivity contribution in [2.45, 2.75) is 25.0 Å². The number of rotatable bonds is 10. The topological polar surface area (TPSA) is 81.7 Å². The van der Waals surface area contributed by atoms with Crippen LogP contribution in [0.1, 0.15) is 28.4 Å². The molecule has 2 rings (SSSR count). The van der Waals surface area contributed by atoms with E-state index in [1.165, 1.54) is 12.1 Å². The minimum atomic E-state index is -3.35. The molecule has 0 fully saturated rings. The third-order valence-corrected chi connectivity index (χ3v) is 4.92. The molecule has 27 heavy (non-hydrogen) atoms. The van der Waals surface area contributed by atoms with E-state index in [1.807, 2.05) is 31.2 Å². The van der Waals surface area contributed by atoms with Crippen molar-refractivity contribution in [1.29, 1.82) is 0 Å². The first kappa shape index (κ1) is 21.1. The Balaban J connectivity index is 1.91.